The van der Waals surface area contributed by atoms with E-state index in [1.807, 2.05) is 19.1 Å². The van der Waals surface area contributed by atoms with Crippen molar-refractivity contribution in [2.24, 2.45) is 5.73 Å². The van der Waals surface area contributed by atoms with Crippen LogP contribution >= 0.6 is 0 Å². The molecule has 1 aromatic carbocycles. The number of nitrogens with two attached hydrogens (primary N) is 1. The Hall–Kier alpha value is -0.910. The van der Waals surface area contributed by atoms with Gasteiger partial charge in [-0.25, -0.2) is 13.1 Å². The highest BCUT2D eigenvalue weighted by Gasteiger charge is 2.13. The Bertz CT molecular complexity index is 464. The summed E-state index contributed by atoms with van der Waals surface area (Å²) in [4.78, 5) is 0.302. The van der Waals surface area contributed by atoms with Crippen molar-refractivity contribution in [2.45, 2.75) is 44.0 Å². The van der Waals surface area contributed by atoms with Crippen LogP contribution in [0.25, 0.3) is 0 Å². The molecule has 3 N–H and O–H groups in total. The van der Waals surface area contributed by atoms with E-state index in [-0.39, 0.29) is 6.04 Å². The van der Waals surface area contributed by atoms with Crippen LogP contribution in [0.2, 0.25) is 0 Å². The molecule has 0 aliphatic carbocycles. The summed E-state index contributed by atoms with van der Waals surface area (Å²) in [6.07, 6.45) is 0.628. The maximum atomic E-state index is 11.9. The van der Waals surface area contributed by atoms with Gasteiger partial charge in [-0.2, -0.15) is 0 Å². The molecule has 0 amide bonds. The number of rotatable bonds is 6. The van der Waals surface area contributed by atoms with Crippen molar-refractivity contribution in [3.8, 4) is 0 Å². The molecule has 0 aromatic heterocycles. The summed E-state index contributed by atoms with van der Waals surface area (Å²) >= 11 is 0. The van der Waals surface area contributed by atoms with E-state index in [4.69, 9.17) is 5.73 Å². The lowest BCUT2D eigenvalue weighted by atomic mass is 10.0. The third-order valence-electron chi connectivity index (χ3n) is 2.75. The normalized spacial score (nSPS) is 13.8. The Labute approximate surface area is 110 Å². The van der Waals surface area contributed by atoms with Gasteiger partial charge in [-0.15, -0.1) is 0 Å². The first-order valence-corrected chi connectivity index (χ1v) is 7.66. The fraction of sp³-hybridized carbons (Fsp3) is 0.538. The van der Waals surface area contributed by atoms with Gasteiger partial charge in [0, 0.05) is 12.6 Å². The van der Waals surface area contributed by atoms with Crippen LogP contribution in [0.4, 0.5) is 0 Å². The maximum Gasteiger partial charge on any atom is 0.240 e. The van der Waals surface area contributed by atoms with E-state index < -0.39 is 10.0 Å². The van der Waals surface area contributed by atoms with E-state index in [2.05, 4.69) is 18.6 Å². The highest BCUT2D eigenvalue weighted by atomic mass is 32.2. The number of nitrogens with one attached hydrogen (secondary N) is 1. The second-order valence-electron chi connectivity index (χ2n) is 4.89. The van der Waals surface area contributed by atoms with E-state index in [0.717, 1.165) is 5.56 Å². The molecule has 1 unspecified atom stereocenters. The first kappa shape index (κ1) is 15.1. The van der Waals surface area contributed by atoms with Crippen LogP contribution in [0.3, 0.4) is 0 Å². The molecule has 0 radical (unpaired) electrons. The minimum absolute atomic E-state index is 0.00369. The van der Waals surface area contributed by atoms with Gasteiger partial charge < -0.3 is 5.73 Å². The summed E-state index contributed by atoms with van der Waals surface area (Å²) in [5.74, 6) is 0.396. The van der Waals surface area contributed by atoms with Crippen molar-refractivity contribution in [3.63, 3.8) is 0 Å². The first-order chi connectivity index (χ1) is 8.33. The summed E-state index contributed by atoms with van der Waals surface area (Å²) in [6, 6.07) is 6.99. The van der Waals surface area contributed by atoms with Crippen LogP contribution in [-0.4, -0.2) is 21.0 Å². The zero-order valence-corrected chi connectivity index (χ0v) is 12.0. The molecule has 18 heavy (non-hydrogen) atoms. The molecule has 0 aliphatic heterocycles. The monoisotopic (exact) mass is 270 g/mol. The zero-order valence-electron chi connectivity index (χ0n) is 11.2. The molecule has 1 aromatic rings. The lowest BCUT2D eigenvalue weighted by Gasteiger charge is -2.10. The van der Waals surface area contributed by atoms with Crippen molar-refractivity contribution in [3.05, 3.63) is 29.8 Å². The summed E-state index contributed by atoms with van der Waals surface area (Å²) in [7, 11) is -3.40. The number of hydrogen-bond acceptors (Lipinski definition) is 3. The zero-order chi connectivity index (χ0) is 13.8. The highest BCUT2D eigenvalue weighted by molar-refractivity contribution is 7.89. The average Bonchev–Trinajstić information content (AvgIpc) is 2.28. The van der Waals surface area contributed by atoms with E-state index >= 15 is 0 Å². The topological polar surface area (TPSA) is 72.2 Å². The lowest BCUT2D eigenvalue weighted by Crippen LogP contribution is -2.29. The first-order valence-electron chi connectivity index (χ1n) is 6.18. The van der Waals surface area contributed by atoms with Crippen molar-refractivity contribution >= 4 is 10.0 Å². The molecule has 0 heterocycles. The van der Waals surface area contributed by atoms with Gasteiger partial charge >= 0.3 is 0 Å². The second-order valence-corrected chi connectivity index (χ2v) is 6.65. The lowest BCUT2D eigenvalue weighted by molar-refractivity contribution is 0.571. The Morgan fingerprint density at radius 3 is 2.17 bits per heavy atom. The molecule has 4 nitrogen and oxygen atoms in total. The van der Waals surface area contributed by atoms with Crippen LogP contribution in [0.1, 0.15) is 38.7 Å². The quantitative estimate of drug-likeness (QED) is 0.828. The van der Waals surface area contributed by atoms with Crippen LogP contribution in [0.5, 0.6) is 0 Å². The second kappa shape index (κ2) is 6.31. The molecular formula is C13H22N2O2S. The fourth-order valence-corrected chi connectivity index (χ4v) is 2.58. The standard InChI is InChI=1S/C13H22N2O2S/c1-10(2)12-4-6-13(7-5-12)18(16,17)15-9-8-11(3)14/h4-7,10-11,15H,8-9,14H2,1-3H3. The predicted octanol–water partition coefficient (Wildman–Crippen LogP) is 1.83. The van der Waals surface area contributed by atoms with Gasteiger partial charge in [0.25, 0.3) is 0 Å². The van der Waals surface area contributed by atoms with E-state index in [1.165, 1.54) is 0 Å². The number of hydrogen-bond donors (Lipinski definition) is 2. The van der Waals surface area contributed by atoms with Crippen LogP contribution in [0.15, 0.2) is 29.2 Å². The van der Waals surface area contributed by atoms with Crippen LogP contribution in [0, 0.1) is 0 Å². The van der Waals surface area contributed by atoms with Gasteiger partial charge in [0.2, 0.25) is 10.0 Å². The Morgan fingerprint density at radius 2 is 1.72 bits per heavy atom. The number of benzene rings is 1. The van der Waals surface area contributed by atoms with Crippen LogP contribution < -0.4 is 10.5 Å². The SMILES string of the molecule is CC(N)CCNS(=O)(=O)c1ccc(C(C)C)cc1. The van der Waals surface area contributed by atoms with Crippen LogP contribution in [-0.2, 0) is 10.0 Å². The average molecular weight is 270 g/mol. The van der Waals surface area contributed by atoms with Gasteiger partial charge in [-0.3, -0.25) is 0 Å². The van der Waals surface area contributed by atoms with E-state index in [0.29, 0.717) is 23.8 Å². The van der Waals surface area contributed by atoms with E-state index in [1.54, 1.807) is 12.1 Å². The molecule has 0 aliphatic rings. The minimum atomic E-state index is -3.40. The van der Waals surface area contributed by atoms with E-state index in [9.17, 15) is 8.42 Å². The van der Waals surface area contributed by atoms with Gasteiger partial charge in [-0.05, 0) is 37.0 Å². The van der Waals surface area contributed by atoms with Crippen molar-refractivity contribution in [1.82, 2.24) is 4.72 Å². The largest absolute Gasteiger partial charge is 0.328 e. The molecule has 5 heteroatoms. The number of sulfonamides is 1. The van der Waals surface area contributed by atoms with Crippen molar-refractivity contribution in [1.29, 1.82) is 0 Å². The fourth-order valence-electron chi connectivity index (χ4n) is 1.54. The Morgan fingerprint density at radius 1 is 1.17 bits per heavy atom. The Balaban J connectivity index is 2.73. The molecular weight excluding hydrogens is 248 g/mol. The Kier molecular flexibility index (Phi) is 5.31. The van der Waals surface area contributed by atoms with Gasteiger partial charge in [0.05, 0.1) is 4.90 Å². The molecule has 0 saturated heterocycles. The minimum Gasteiger partial charge on any atom is -0.328 e. The molecule has 1 rings (SSSR count). The summed E-state index contributed by atoms with van der Waals surface area (Å²) < 4.78 is 26.4. The molecule has 0 fully saturated rings. The summed E-state index contributed by atoms with van der Waals surface area (Å²) in [5.41, 5.74) is 6.71. The predicted molar refractivity (Wildman–Crippen MR) is 74.0 cm³/mol. The maximum absolute atomic E-state index is 11.9. The van der Waals surface area contributed by atoms with Crippen molar-refractivity contribution < 1.29 is 8.42 Å². The summed E-state index contributed by atoms with van der Waals surface area (Å²) in [6.45, 7) is 6.37. The molecule has 1 atom stereocenters. The van der Waals surface area contributed by atoms with Crippen molar-refractivity contribution in [2.75, 3.05) is 6.54 Å². The van der Waals surface area contributed by atoms with Gasteiger partial charge in [-0.1, -0.05) is 26.0 Å². The molecule has 0 saturated carbocycles. The highest BCUT2D eigenvalue weighted by Crippen LogP contribution is 2.17. The third-order valence-corrected chi connectivity index (χ3v) is 4.23. The third kappa shape index (κ3) is 4.40. The van der Waals surface area contributed by atoms with Gasteiger partial charge in [0.1, 0.15) is 0 Å². The molecule has 102 valence electrons. The van der Waals surface area contributed by atoms with Gasteiger partial charge in [0.15, 0.2) is 0 Å². The molecule has 0 spiro atoms. The smallest absolute Gasteiger partial charge is 0.240 e. The summed E-state index contributed by atoms with van der Waals surface area (Å²) in [5, 5.41) is 0. The molecule has 0 bridgehead atoms.